The highest BCUT2D eigenvalue weighted by Gasteiger charge is 1.96. The van der Waals surface area contributed by atoms with Crippen LogP contribution in [0.25, 0.3) is 0 Å². The van der Waals surface area contributed by atoms with Gasteiger partial charge in [0.1, 0.15) is 12.4 Å². The van der Waals surface area contributed by atoms with Gasteiger partial charge in [-0.2, -0.15) is 0 Å². The molecule has 0 spiro atoms. The second-order valence-electron chi connectivity index (χ2n) is 6.40. The van der Waals surface area contributed by atoms with E-state index in [0.29, 0.717) is 79.3 Å². The summed E-state index contributed by atoms with van der Waals surface area (Å²) in [6.07, 6.45) is 0.240. The van der Waals surface area contributed by atoms with Crippen LogP contribution in [0.15, 0.2) is 24.3 Å². The van der Waals surface area contributed by atoms with E-state index in [0.717, 1.165) is 11.4 Å². The minimum absolute atomic E-state index is 0.240. The highest BCUT2D eigenvalue weighted by atomic mass is 16.6. The molecule has 0 atom stereocenters. The van der Waals surface area contributed by atoms with E-state index in [-0.39, 0.29) is 6.10 Å². The van der Waals surface area contributed by atoms with E-state index < -0.39 is 0 Å². The Morgan fingerprint density at radius 1 is 0.586 bits per heavy atom. The molecule has 168 valence electrons. The van der Waals surface area contributed by atoms with E-state index in [1.54, 1.807) is 12.1 Å². The fourth-order valence-electron chi connectivity index (χ4n) is 2.11. The molecule has 0 unspecified atom stereocenters. The quantitative estimate of drug-likeness (QED) is 0.256. The predicted octanol–water partition coefficient (Wildman–Crippen LogP) is 2.16. The van der Waals surface area contributed by atoms with E-state index >= 15 is 0 Å². The third kappa shape index (κ3) is 17.2. The zero-order valence-corrected chi connectivity index (χ0v) is 17.8. The molecule has 0 radical (unpaired) electrons. The first-order chi connectivity index (χ1) is 14.2. The maximum Gasteiger partial charge on any atom is 0.119 e. The molecule has 2 N–H and O–H groups in total. The number of hydrogen-bond acceptors (Lipinski definition) is 8. The van der Waals surface area contributed by atoms with Crippen LogP contribution in [0, 0.1) is 0 Å². The lowest BCUT2D eigenvalue weighted by atomic mass is 10.3. The third-order valence-electron chi connectivity index (χ3n) is 3.54. The Balaban J connectivity index is 1.70. The van der Waals surface area contributed by atoms with Gasteiger partial charge in [-0.3, -0.25) is 0 Å². The molecule has 0 aliphatic heterocycles. The minimum atomic E-state index is 0.240. The summed E-state index contributed by atoms with van der Waals surface area (Å²) in [5.74, 6) is 0.781. The standard InChI is InChI=1S/C21H37NO7/c1-19(2)28-17-15-26-13-11-24-9-7-23-8-10-25-12-14-27-16-18-29-21-5-3-20(22)4-6-21/h3-6,19H,7-18,22H2,1-2H3. The molecular weight excluding hydrogens is 378 g/mol. The van der Waals surface area contributed by atoms with Crippen molar-refractivity contribution in [2.45, 2.75) is 20.0 Å². The molecule has 29 heavy (non-hydrogen) atoms. The topological polar surface area (TPSA) is 90.6 Å². The highest BCUT2D eigenvalue weighted by Crippen LogP contribution is 2.12. The van der Waals surface area contributed by atoms with E-state index in [2.05, 4.69) is 0 Å². The molecule has 0 aromatic heterocycles. The van der Waals surface area contributed by atoms with Crippen molar-refractivity contribution < 1.29 is 33.2 Å². The Kier molecular flexibility index (Phi) is 16.4. The molecule has 8 heteroatoms. The van der Waals surface area contributed by atoms with Gasteiger partial charge < -0.3 is 38.9 Å². The molecule has 0 heterocycles. The number of anilines is 1. The van der Waals surface area contributed by atoms with Crippen molar-refractivity contribution in [2.24, 2.45) is 0 Å². The van der Waals surface area contributed by atoms with E-state index in [4.69, 9.17) is 38.9 Å². The van der Waals surface area contributed by atoms with Crippen molar-refractivity contribution in [2.75, 3.05) is 85.0 Å². The highest BCUT2D eigenvalue weighted by molar-refractivity contribution is 5.41. The molecule has 1 rings (SSSR count). The lowest BCUT2D eigenvalue weighted by Gasteiger charge is -2.09. The molecule has 0 aliphatic carbocycles. The smallest absolute Gasteiger partial charge is 0.119 e. The summed E-state index contributed by atoms with van der Waals surface area (Å²) in [6.45, 7) is 10.5. The first-order valence-corrected chi connectivity index (χ1v) is 10.2. The largest absolute Gasteiger partial charge is 0.491 e. The molecule has 1 aromatic rings. The zero-order chi connectivity index (χ0) is 21.0. The summed E-state index contributed by atoms with van der Waals surface area (Å²) in [6, 6.07) is 7.28. The van der Waals surface area contributed by atoms with Gasteiger partial charge in [0.25, 0.3) is 0 Å². The molecule has 0 amide bonds. The average Bonchev–Trinajstić information content (AvgIpc) is 2.71. The van der Waals surface area contributed by atoms with Crippen LogP contribution in [-0.4, -0.2) is 85.4 Å². The second-order valence-corrected chi connectivity index (χ2v) is 6.40. The number of hydrogen-bond donors (Lipinski definition) is 1. The molecule has 1 aromatic carbocycles. The van der Waals surface area contributed by atoms with Crippen LogP contribution in [0.5, 0.6) is 5.75 Å². The van der Waals surface area contributed by atoms with Crippen molar-refractivity contribution >= 4 is 5.69 Å². The molecular formula is C21H37NO7. The Morgan fingerprint density at radius 3 is 1.38 bits per heavy atom. The van der Waals surface area contributed by atoms with Crippen molar-refractivity contribution in [3.05, 3.63) is 24.3 Å². The van der Waals surface area contributed by atoms with E-state index in [1.165, 1.54) is 0 Å². The summed E-state index contributed by atoms with van der Waals surface area (Å²) < 4.78 is 38.0. The predicted molar refractivity (Wildman–Crippen MR) is 112 cm³/mol. The van der Waals surface area contributed by atoms with Gasteiger partial charge in [-0.05, 0) is 38.1 Å². The van der Waals surface area contributed by atoms with Crippen molar-refractivity contribution in [3.8, 4) is 5.75 Å². The van der Waals surface area contributed by atoms with Crippen LogP contribution in [0.2, 0.25) is 0 Å². The zero-order valence-electron chi connectivity index (χ0n) is 17.8. The Labute approximate surface area is 174 Å². The number of nitrogens with two attached hydrogens (primary N) is 1. The van der Waals surface area contributed by atoms with Crippen LogP contribution in [0.4, 0.5) is 5.69 Å². The van der Waals surface area contributed by atoms with Crippen LogP contribution in [-0.2, 0) is 28.4 Å². The van der Waals surface area contributed by atoms with Crippen LogP contribution >= 0.6 is 0 Å². The Morgan fingerprint density at radius 2 is 0.966 bits per heavy atom. The average molecular weight is 416 g/mol. The van der Waals surface area contributed by atoms with Gasteiger partial charge >= 0.3 is 0 Å². The number of ether oxygens (including phenoxy) is 7. The summed E-state index contributed by atoms with van der Waals surface area (Å²) in [5, 5.41) is 0. The normalized spacial score (nSPS) is 11.3. The van der Waals surface area contributed by atoms with Gasteiger partial charge in [0.05, 0.1) is 78.8 Å². The van der Waals surface area contributed by atoms with E-state index in [1.807, 2.05) is 26.0 Å². The fraction of sp³-hybridized carbons (Fsp3) is 0.714. The lowest BCUT2D eigenvalue weighted by Crippen LogP contribution is -2.15. The first kappa shape index (κ1) is 25.6. The van der Waals surface area contributed by atoms with Gasteiger partial charge in [0.2, 0.25) is 0 Å². The van der Waals surface area contributed by atoms with Crippen LogP contribution < -0.4 is 10.5 Å². The van der Waals surface area contributed by atoms with Gasteiger partial charge in [-0.25, -0.2) is 0 Å². The number of benzene rings is 1. The summed E-state index contributed by atoms with van der Waals surface area (Å²) >= 11 is 0. The maximum atomic E-state index is 5.62. The lowest BCUT2D eigenvalue weighted by molar-refractivity contribution is -0.0219. The molecule has 8 nitrogen and oxygen atoms in total. The van der Waals surface area contributed by atoms with Crippen molar-refractivity contribution in [1.29, 1.82) is 0 Å². The third-order valence-corrected chi connectivity index (χ3v) is 3.54. The minimum Gasteiger partial charge on any atom is -0.491 e. The molecule has 0 fully saturated rings. The second kappa shape index (κ2) is 18.6. The van der Waals surface area contributed by atoms with Gasteiger partial charge in [-0.15, -0.1) is 0 Å². The monoisotopic (exact) mass is 415 g/mol. The van der Waals surface area contributed by atoms with Gasteiger partial charge in [0.15, 0.2) is 0 Å². The van der Waals surface area contributed by atoms with Crippen LogP contribution in [0.1, 0.15) is 13.8 Å². The molecule has 0 saturated carbocycles. The van der Waals surface area contributed by atoms with Crippen LogP contribution in [0.3, 0.4) is 0 Å². The maximum absolute atomic E-state index is 5.62. The summed E-state index contributed by atoms with van der Waals surface area (Å²) in [4.78, 5) is 0. The Bertz CT molecular complexity index is 471. The fourth-order valence-corrected chi connectivity index (χ4v) is 2.11. The first-order valence-electron chi connectivity index (χ1n) is 10.2. The molecule has 0 bridgehead atoms. The summed E-state index contributed by atoms with van der Waals surface area (Å²) in [5.41, 5.74) is 6.33. The molecule has 0 aliphatic rings. The van der Waals surface area contributed by atoms with Gasteiger partial charge in [-0.1, -0.05) is 0 Å². The van der Waals surface area contributed by atoms with E-state index in [9.17, 15) is 0 Å². The SMILES string of the molecule is CC(C)OCCOCCOCCOCCOCCOCCOc1ccc(N)cc1. The summed E-state index contributed by atoms with van der Waals surface area (Å²) in [7, 11) is 0. The van der Waals surface area contributed by atoms with Gasteiger partial charge in [0, 0.05) is 5.69 Å². The van der Waals surface area contributed by atoms with Crippen molar-refractivity contribution in [3.63, 3.8) is 0 Å². The number of rotatable bonds is 20. The number of nitrogen functional groups attached to an aromatic ring is 1. The van der Waals surface area contributed by atoms with Crippen molar-refractivity contribution in [1.82, 2.24) is 0 Å². The Hall–Kier alpha value is -1.42. The molecule has 0 saturated heterocycles.